The molecule has 0 bridgehead atoms. The first-order valence-corrected chi connectivity index (χ1v) is 12.2. The number of para-hydroxylation sites is 1. The molecule has 176 valence electrons. The number of fused-ring (bicyclic) bond motifs is 1. The predicted molar refractivity (Wildman–Crippen MR) is 133 cm³/mol. The average molecular weight is 457 g/mol. The first-order valence-electron chi connectivity index (χ1n) is 12.2. The van der Waals surface area contributed by atoms with Crippen LogP contribution in [0.3, 0.4) is 0 Å². The number of aryl methyl sites for hydroxylation is 1. The summed E-state index contributed by atoms with van der Waals surface area (Å²) >= 11 is 0. The molecule has 5 rings (SSSR count). The highest BCUT2D eigenvalue weighted by atomic mass is 16.5. The van der Waals surface area contributed by atoms with Gasteiger partial charge in [-0.05, 0) is 43.5 Å². The number of ether oxygens (including phenoxy) is 1. The molecule has 1 unspecified atom stereocenters. The zero-order chi connectivity index (χ0) is 23.3. The van der Waals surface area contributed by atoms with Gasteiger partial charge in [0, 0.05) is 36.9 Å². The highest BCUT2D eigenvalue weighted by Gasteiger charge is 2.36. The number of hydrogen-bond acceptors (Lipinski definition) is 4. The zero-order valence-corrected chi connectivity index (χ0v) is 19.7. The summed E-state index contributed by atoms with van der Waals surface area (Å²) < 4.78 is 6.08. The molecule has 2 aliphatic heterocycles. The molecular weight excluding hydrogens is 424 g/mol. The maximum Gasteiger partial charge on any atom is 0.318 e. The lowest BCUT2D eigenvalue weighted by atomic mass is 9.92. The second-order valence-corrected chi connectivity index (χ2v) is 9.12. The zero-order valence-electron chi connectivity index (χ0n) is 19.7. The van der Waals surface area contributed by atoms with Crippen molar-refractivity contribution in [3.05, 3.63) is 95.3 Å². The first kappa shape index (κ1) is 22.4. The number of carbonyl (C=O) groups excluding carboxylic acids is 1. The molecule has 2 amide bonds. The van der Waals surface area contributed by atoms with Crippen molar-refractivity contribution in [3.8, 4) is 5.75 Å². The lowest BCUT2D eigenvalue weighted by Gasteiger charge is -2.42. The minimum atomic E-state index is -0.203. The van der Waals surface area contributed by atoms with E-state index in [4.69, 9.17) is 4.74 Å². The number of benzene rings is 2. The molecule has 1 aromatic heterocycles. The minimum Gasteiger partial charge on any atom is -0.491 e. The van der Waals surface area contributed by atoms with Gasteiger partial charge in [0.2, 0.25) is 0 Å². The first-order chi connectivity index (χ1) is 16.7. The Morgan fingerprint density at radius 2 is 1.74 bits per heavy atom. The average Bonchev–Trinajstić information content (AvgIpc) is 2.93. The molecule has 0 aliphatic carbocycles. The smallest absolute Gasteiger partial charge is 0.318 e. The number of nitrogens with zero attached hydrogens (tertiary/aromatic N) is 3. The number of amides is 2. The summed E-state index contributed by atoms with van der Waals surface area (Å²) in [5.41, 5.74) is 4.29. The van der Waals surface area contributed by atoms with Crippen LogP contribution in [0.2, 0.25) is 0 Å². The van der Waals surface area contributed by atoms with Crippen LogP contribution in [-0.4, -0.2) is 53.1 Å². The molecule has 0 radical (unpaired) electrons. The summed E-state index contributed by atoms with van der Waals surface area (Å²) in [5, 5.41) is 3.10. The second-order valence-electron chi connectivity index (χ2n) is 9.12. The Balaban J connectivity index is 1.43. The highest BCUT2D eigenvalue weighted by molar-refractivity contribution is 5.76. The van der Waals surface area contributed by atoms with E-state index in [1.54, 1.807) is 0 Å². The number of carbonyl (C=O) groups is 1. The third-order valence-electron chi connectivity index (χ3n) is 6.76. The number of likely N-dealkylation sites (tertiary alicyclic amines) is 1. The molecule has 1 saturated heterocycles. The van der Waals surface area contributed by atoms with E-state index in [2.05, 4.69) is 50.4 Å². The molecule has 1 fully saturated rings. The largest absolute Gasteiger partial charge is 0.491 e. The summed E-state index contributed by atoms with van der Waals surface area (Å²) in [6, 6.07) is 24.6. The molecule has 2 aromatic carbocycles. The van der Waals surface area contributed by atoms with Crippen LogP contribution < -0.4 is 10.1 Å². The van der Waals surface area contributed by atoms with Gasteiger partial charge >= 0.3 is 6.03 Å². The molecule has 6 nitrogen and oxygen atoms in total. The van der Waals surface area contributed by atoms with E-state index in [1.165, 1.54) is 0 Å². The standard InChI is InChI=1S/C28H32N4O2/c1-21-8-7-11-23(30-21)20-31-17-14-24(15-18-31)32-27(22-9-3-2-4-10-22)25-12-5-6-13-26(25)34-19-16-29-28(32)33/h2-13,24,27H,14-20H2,1H3,(H,29,33). The van der Waals surface area contributed by atoms with E-state index in [0.29, 0.717) is 13.2 Å². The number of piperidine rings is 1. The Hall–Kier alpha value is -3.38. The van der Waals surface area contributed by atoms with Crippen LogP contribution >= 0.6 is 0 Å². The topological polar surface area (TPSA) is 57.7 Å². The van der Waals surface area contributed by atoms with Crippen LogP contribution in [0.25, 0.3) is 0 Å². The Kier molecular flexibility index (Phi) is 6.77. The summed E-state index contributed by atoms with van der Waals surface area (Å²) in [5.74, 6) is 0.848. The quantitative estimate of drug-likeness (QED) is 0.626. The van der Waals surface area contributed by atoms with E-state index in [0.717, 1.165) is 60.7 Å². The van der Waals surface area contributed by atoms with E-state index in [9.17, 15) is 4.79 Å². The van der Waals surface area contributed by atoms with Crippen LogP contribution in [0, 0.1) is 6.92 Å². The van der Waals surface area contributed by atoms with Crippen LogP contribution in [0.4, 0.5) is 4.79 Å². The van der Waals surface area contributed by atoms with Gasteiger partial charge in [0.1, 0.15) is 12.4 Å². The van der Waals surface area contributed by atoms with Crippen molar-refractivity contribution in [1.82, 2.24) is 20.1 Å². The van der Waals surface area contributed by atoms with E-state index in [1.807, 2.05) is 49.4 Å². The highest BCUT2D eigenvalue weighted by Crippen LogP contribution is 2.38. The minimum absolute atomic E-state index is 0.0204. The van der Waals surface area contributed by atoms with Crippen LogP contribution in [0.1, 0.15) is 41.4 Å². The van der Waals surface area contributed by atoms with Gasteiger partial charge in [-0.3, -0.25) is 9.88 Å². The Bertz CT molecular complexity index is 1110. The molecule has 0 spiro atoms. The fraction of sp³-hybridized carbons (Fsp3) is 0.357. The fourth-order valence-electron chi connectivity index (χ4n) is 5.14. The molecule has 2 aliphatic rings. The van der Waals surface area contributed by atoms with Gasteiger partial charge in [-0.2, -0.15) is 0 Å². The number of nitrogens with one attached hydrogen (secondary N) is 1. The Morgan fingerprint density at radius 3 is 2.53 bits per heavy atom. The fourth-order valence-corrected chi connectivity index (χ4v) is 5.14. The van der Waals surface area contributed by atoms with Crippen molar-refractivity contribution in [1.29, 1.82) is 0 Å². The Morgan fingerprint density at radius 1 is 0.971 bits per heavy atom. The van der Waals surface area contributed by atoms with Crippen molar-refractivity contribution in [2.45, 2.75) is 38.4 Å². The number of aromatic nitrogens is 1. The monoisotopic (exact) mass is 456 g/mol. The maximum atomic E-state index is 13.6. The number of hydrogen-bond donors (Lipinski definition) is 1. The third-order valence-corrected chi connectivity index (χ3v) is 6.76. The number of pyridine rings is 1. The van der Waals surface area contributed by atoms with Gasteiger partial charge in [0.25, 0.3) is 0 Å². The van der Waals surface area contributed by atoms with Crippen molar-refractivity contribution in [2.24, 2.45) is 0 Å². The molecule has 34 heavy (non-hydrogen) atoms. The van der Waals surface area contributed by atoms with E-state index >= 15 is 0 Å². The molecule has 6 heteroatoms. The van der Waals surface area contributed by atoms with Crippen molar-refractivity contribution < 1.29 is 9.53 Å². The number of urea groups is 1. The molecule has 3 aromatic rings. The van der Waals surface area contributed by atoms with Crippen molar-refractivity contribution in [2.75, 3.05) is 26.2 Å². The molecule has 1 atom stereocenters. The molecule has 1 N–H and O–H groups in total. The van der Waals surface area contributed by atoms with E-state index < -0.39 is 0 Å². The summed E-state index contributed by atoms with van der Waals surface area (Å²) in [6.45, 7) is 5.69. The van der Waals surface area contributed by atoms with Gasteiger partial charge in [-0.25, -0.2) is 4.79 Å². The number of rotatable bonds is 4. The SMILES string of the molecule is Cc1cccc(CN2CCC(N3C(=O)NCCOc4ccccc4C3c3ccccc3)CC2)n1. The van der Waals surface area contributed by atoms with Gasteiger partial charge in [0.15, 0.2) is 0 Å². The maximum absolute atomic E-state index is 13.6. The van der Waals surface area contributed by atoms with Crippen LogP contribution in [0.15, 0.2) is 72.8 Å². The predicted octanol–water partition coefficient (Wildman–Crippen LogP) is 4.55. The van der Waals surface area contributed by atoms with Crippen molar-refractivity contribution >= 4 is 6.03 Å². The second kappa shape index (κ2) is 10.3. The summed E-state index contributed by atoms with van der Waals surface area (Å²) in [6.07, 6.45) is 1.84. The van der Waals surface area contributed by atoms with Gasteiger partial charge in [0.05, 0.1) is 18.3 Å². The van der Waals surface area contributed by atoms with Gasteiger partial charge in [-0.1, -0.05) is 54.6 Å². The van der Waals surface area contributed by atoms with Gasteiger partial charge in [-0.15, -0.1) is 0 Å². The molecular formula is C28H32N4O2. The van der Waals surface area contributed by atoms with Crippen molar-refractivity contribution in [3.63, 3.8) is 0 Å². The third kappa shape index (κ3) is 4.92. The summed E-state index contributed by atoms with van der Waals surface area (Å²) in [4.78, 5) is 22.7. The van der Waals surface area contributed by atoms with Crippen LogP contribution in [0.5, 0.6) is 5.75 Å². The lowest BCUT2D eigenvalue weighted by Crippen LogP contribution is -2.52. The molecule has 0 saturated carbocycles. The van der Waals surface area contributed by atoms with Crippen LogP contribution in [-0.2, 0) is 6.54 Å². The van der Waals surface area contributed by atoms with Gasteiger partial charge < -0.3 is 15.0 Å². The molecule has 3 heterocycles. The Labute approximate surface area is 201 Å². The van der Waals surface area contributed by atoms with E-state index in [-0.39, 0.29) is 18.1 Å². The summed E-state index contributed by atoms with van der Waals surface area (Å²) in [7, 11) is 0. The lowest BCUT2D eigenvalue weighted by molar-refractivity contribution is 0.101. The normalized spacial score (nSPS) is 19.9.